The van der Waals surface area contributed by atoms with Crippen LogP contribution in [0, 0.1) is 6.92 Å². The molecule has 152 valence electrons. The van der Waals surface area contributed by atoms with Gasteiger partial charge in [-0.05, 0) is 25.0 Å². The van der Waals surface area contributed by atoms with Crippen molar-refractivity contribution in [3.63, 3.8) is 0 Å². The van der Waals surface area contributed by atoms with Crippen LogP contribution in [-0.4, -0.2) is 6.61 Å². The number of unbranched alkanes of at least 4 members (excludes halogenated alkanes) is 13. The summed E-state index contributed by atoms with van der Waals surface area (Å²) >= 11 is 0. The van der Waals surface area contributed by atoms with Gasteiger partial charge in [-0.2, -0.15) is 0 Å². The second-order valence-corrected chi connectivity index (χ2v) is 7.47. The SMILES string of the molecule is CCCCCCCCCCCCCCCCOc1cc(N)ccc1C.Cl. The van der Waals surface area contributed by atoms with Crippen LogP contribution in [0.25, 0.3) is 0 Å². The van der Waals surface area contributed by atoms with E-state index in [1.54, 1.807) is 0 Å². The first-order valence-corrected chi connectivity index (χ1v) is 10.7. The van der Waals surface area contributed by atoms with Gasteiger partial charge >= 0.3 is 0 Å². The van der Waals surface area contributed by atoms with E-state index in [9.17, 15) is 0 Å². The fourth-order valence-corrected chi connectivity index (χ4v) is 3.25. The number of anilines is 1. The van der Waals surface area contributed by atoms with Gasteiger partial charge < -0.3 is 10.5 Å². The topological polar surface area (TPSA) is 35.2 Å². The van der Waals surface area contributed by atoms with Gasteiger partial charge in [0.2, 0.25) is 0 Å². The summed E-state index contributed by atoms with van der Waals surface area (Å²) in [5.74, 6) is 0.940. The van der Waals surface area contributed by atoms with Gasteiger partial charge in [0.1, 0.15) is 5.75 Å². The standard InChI is InChI=1S/C23H41NO.ClH/c1-3-4-5-6-7-8-9-10-11-12-13-14-15-16-19-25-23-20-22(24)18-17-21(23)2;/h17-18,20H,3-16,19,24H2,1-2H3;1H. The summed E-state index contributed by atoms with van der Waals surface area (Å²) in [4.78, 5) is 0. The van der Waals surface area contributed by atoms with Gasteiger partial charge in [-0.1, -0.05) is 96.5 Å². The molecule has 0 aliphatic carbocycles. The molecule has 1 rings (SSSR count). The Balaban J connectivity index is 0.00000625. The molecular formula is C23H42ClNO. The molecule has 1 aromatic rings. The maximum Gasteiger partial charge on any atom is 0.124 e. The van der Waals surface area contributed by atoms with Crippen LogP contribution in [0.3, 0.4) is 0 Å². The van der Waals surface area contributed by atoms with Gasteiger partial charge in [0.25, 0.3) is 0 Å². The van der Waals surface area contributed by atoms with Gasteiger partial charge in [0.15, 0.2) is 0 Å². The fourth-order valence-electron chi connectivity index (χ4n) is 3.25. The van der Waals surface area contributed by atoms with Crippen LogP contribution in [0.5, 0.6) is 5.75 Å². The Morgan fingerprint density at radius 3 is 1.69 bits per heavy atom. The van der Waals surface area contributed by atoms with Crippen molar-refractivity contribution in [1.29, 1.82) is 0 Å². The lowest BCUT2D eigenvalue weighted by Gasteiger charge is -2.09. The highest BCUT2D eigenvalue weighted by Crippen LogP contribution is 2.21. The Morgan fingerprint density at radius 2 is 1.19 bits per heavy atom. The molecule has 26 heavy (non-hydrogen) atoms. The van der Waals surface area contributed by atoms with Crippen LogP contribution in [0.4, 0.5) is 5.69 Å². The van der Waals surface area contributed by atoms with Crippen molar-refractivity contribution in [2.24, 2.45) is 0 Å². The molecule has 0 spiro atoms. The van der Waals surface area contributed by atoms with Gasteiger partial charge in [-0.15, -0.1) is 12.4 Å². The van der Waals surface area contributed by atoms with Crippen molar-refractivity contribution in [1.82, 2.24) is 0 Å². The van der Waals surface area contributed by atoms with E-state index in [1.807, 2.05) is 18.2 Å². The molecule has 0 amide bonds. The molecule has 0 saturated carbocycles. The summed E-state index contributed by atoms with van der Waals surface area (Å²) < 4.78 is 5.84. The molecule has 0 aliphatic rings. The molecule has 0 radical (unpaired) electrons. The third kappa shape index (κ3) is 13.3. The lowest BCUT2D eigenvalue weighted by Crippen LogP contribution is -1.99. The molecule has 0 unspecified atom stereocenters. The van der Waals surface area contributed by atoms with Crippen molar-refractivity contribution >= 4 is 18.1 Å². The fraction of sp³-hybridized carbons (Fsp3) is 0.739. The van der Waals surface area contributed by atoms with Crippen LogP contribution >= 0.6 is 12.4 Å². The molecule has 0 aromatic heterocycles. The predicted octanol–water partition coefficient (Wildman–Crippen LogP) is 7.86. The summed E-state index contributed by atoms with van der Waals surface area (Å²) in [5, 5.41) is 0. The number of benzene rings is 1. The number of nitrogen functional groups attached to an aromatic ring is 1. The Bertz CT molecular complexity index is 436. The molecule has 0 saturated heterocycles. The Morgan fingerprint density at radius 1 is 0.731 bits per heavy atom. The number of hydrogen-bond acceptors (Lipinski definition) is 2. The largest absolute Gasteiger partial charge is 0.493 e. The molecule has 3 heteroatoms. The van der Waals surface area contributed by atoms with Crippen molar-refractivity contribution in [2.45, 2.75) is 104 Å². The lowest BCUT2D eigenvalue weighted by molar-refractivity contribution is 0.302. The maximum atomic E-state index is 5.84. The molecule has 2 N–H and O–H groups in total. The minimum atomic E-state index is 0. The minimum absolute atomic E-state index is 0. The van der Waals surface area contributed by atoms with Crippen LogP contribution in [0.2, 0.25) is 0 Å². The van der Waals surface area contributed by atoms with E-state index >= 15 is 0 Å². The number of halogens is 1. The Hall–Kier alpha value is -0.890. The number of rotatable bonds is 16. The van der Waals surface area contributed by atoms with E-state index in [1.165, 1.54) is 89.0 Å². The molecule has 1 aromatic carbocycles. The monoisotopic (exact) mass is 383 g/mol. The molecule has 0 aliphatic heterocycles. The average Bonchev–Trinajstić information content (AvgIpc) is 2.61. The molecule has 2 nitrogen and oxygen atoms in total. The highest BCUT2D eigenvalue weighted by molar-refractivity contribution is 5.85. The first-order valence-electron chi connectivity index (χ1n) is 10.7. The summed E-state index contributed by atoms with van der Waals surface area (Å²) in [6, 6.07) is 5.88. The van der Waals surface area contributed by atoms with Crippen molar-refractivity contribution in [2.75, 3.05) is 12.3 Å². The zero-order valence-electron chi connectivity index (χ0n) is 17.2. The van der Waals surface area contributed by atoms with Gasteiger partial charge in [-0.25, -0.2) is 0 Å². The summed E-state index contributed by atoms with van der Waals surface area (Å²) in [7, 11) is 0. The molecular weight excluding hydrogens is 342 g/mol. The van der Waals surface area contributed by atoms with E-state index in [-0.39, 0.29) is 12.4 Å². The second kappa shape index (κ2) is 17.5. The minimum Gasteiger partial charge on any atom is -0.493 e. The lowest BCUT2D eigenvalue weighted by atomic mass is 10.0. The maximum absolute atomic E-state index is 5.84. The molecule has 0 fully saturated rings. The number of nitrogens with two attached hydrogens (primary N) is 1. The van der Waals surface area contributed by atoms with Gasteiger partial charge in [0, 0.05) is 11.8 Å². The number of aryl methyl sites for hydroxylation is 1. The molecule has 0 bridgehead atoms. The first-order chi connectivity index (χ1) is 12.2. The number of ether oxygens (including phenoxy) is 1. The van der Waals surface area contributed by atoms with Crippen molar-refractivity contribution in [3.05, 3.63) is 23.8 Å². The predicted molar refractivity (Wildman–Crippen MR) is 119 cm³/mol. The smallest absolute Gasteiger partial charge is 0.124 e. The van der Waals surface area contributed by atoms with E-state index in [0.29, 0.717) is 0 Å². The van der Waals surface area contributed by atoms with Crippen molar-refractivity contribution < 1.29 is 4.74 Å². The zero-order valence-corrected chi connectivity index (χ0v) is 18.0. The average molecular weight is 384 g/mol. The van der Waals surface area contributed by atoms with E-state index in [2.05, 4.69) is 13.8 Å². The Kier molecular flexibility index (Phi) is 16.9. The van der Waals surface area contributed by atoms with E-state index in [4.69, 9.17) is 10.5 Å². The van der Waals surface area contributed by atoms with E-state index in [0.717, 1.165) is 24.5 Å². The first kappa shape index (κ1) is 25.1. The highest BCUT2D eigenvalue weighted by atomic mass is 35.5. The van der Waals surface area contributed by atoms with Crippen LogP contribution in [0.15, 0.2) is 18.2 Å². The quantitative estimate of drug-likeness (QED) is 0.233. The van der Waals surface area contributed by atoms with Crippen LogP contribution in [0.1, 0.15) is 102 Å². The Labute approximate surface area is 168 Å². The third-order valence-electron chi connectivity index (χ3n) is 4.97. The highest BCUT2D eigenvalue weighted by Gasteiger charge is 2.00. The summed E-state index contributed by atoms with van der Waals surface area (Å²) in [5.41, 5.74) is 7.75. The van der Waals surface area contributed by atoms with Crippen LogP contribution < -0.4 is 10.5 Å². The summed E-state index contributed by atoms with van der Waals surface area (Å²) in [6.45, 7) is 5.16. The zero-order chi connectivity index (χ0) is 18.2. The van der Waals surface area contributed by atoms with Crippen LogP contribution in [-0.2, 0) is 0 Å². The van der Waals surface area contributed by atoms with Gasteiger partial charge in [0.05, 0.1) is 6.61 Å². The van der Waals surface area contributed by atoms with Crippen molar-refractivity contribution in [3.8, 4) is 5.75 Å². The molecule has 0 heterocycles. The normalized spacial score (nSPS) is 10.5. The third-order valence-corrected chi connectivity index (χ3v) is 4.97. The second-order valence-electron chi connectivity index (χ2n) is 7.47. The van der Waals surface area contributed by atoms with Gasteiger partial charge in [-0.3, -0.25) is 0 Å². The molecule has 0 atom stereocenters. The number of hydrogen-bond donors (Lipinski definition) is 1. The van der Waals surface area contributed by atoms with E-state index < -0.39 is 0 Å². The summed E-state index contributed by atoms with van der Waals surface area (Å²) in [6.07, 6.45) is 19.4.